The summed E-state index contributed by atoms with van der Waals surface area (Å²) in [6, 6.07) is 0.713. The van der Waals surface area contributed by atoms with Crippen LogP contribution in [0.15, 0.2) is 4.99 Å². The van der Waals surface area contributed by atoms with Crippen molar-refractivity contribution >= 4 is 6.21 Å². The van der Waals surface area contributed by atoms with Crippen LogP contribution in [0, 0.1) is 5.92 Å². The molecule has 0 saturated heterocycles. The van der Waals surface area contributed by atoms with Crippen LogP contribution in [-0.2, 0) is 0 Å². The maximum absolute atomic E-state index is 4.04. The lowest BCUT2D eigenvalue weighted by Crippen LogP contribution is -1.86. The molecule has 0 aromatic rings. The second kappa shape index (κ2) is 0.673. The molecule has 0 bridgehead atoms. The van der Waals surface area contributed by atoms with Crippen molar-refractivity contribution in [1.82, 2.24) is 0 Å². The van der Waals surface area contributed by atoms with E-state index in [-0.39, 0.29) is 0 Å². The fourth-order valence-corrected chi connectivity index (χ4v) is 0.731. The molecular weight excluding hydrogens is 74.1 g/mol. The van der Waals surface area contributed by atoms with Gasteiger partial charge in [-0.25, -0.2) is 0 Å². The Kier molecular flexibility index (Phi) is 0.312. The van der Waals surface area contributed by atoms with E-state index in [1.54, 1.807) is 0 Å². The van der Waals surface area contributed by atoms with Crippen molar-refractivity contribution in [1.29, 1.82) is 0 Å². The van der Waals surface area contributed by atoms with E-state index in [1.165, 1.54) is 12.8 Å². The summed E-state index contributed by atoms with van der Waals surface area (Å²) >= 11 is 0. The molecule has 1 aliphatic carbocycles. The molecule has 1 unspecified atom stereocenters. The summed E-state index contributed by atoms with van der Waals surface area (Å²) in [5.74, 6) is 0.991. The van der Waals surface area contributed by atoms with Gasteiger partial charge in [-0.1, -0.05) is 0 Å². The van der Waals surface area contributed by atoms with Crippen molar-refractivity contribution in [3.05, 3.63) is 0 Å². The lowest BCUT2D eigenvalue weighted by atomic mass is 10.3. The summed E-state index contributed by atoms with van der Waals surface area (Å²) in [5.41, 5.74) is 0. The molecular formula is C5H7N. The molecule has 0 aromatic carbocycles. The molecule has 32 valence electrons. The zero-order valence-electron chi connectivity index (χ0n) is 3.59. The number of hydrogen-bond acceptors (Lipinski definition) is 1. The number of rotatable bonds is 1. The molecule has 6 heavy (non-hydrogen) atoms. The van der Waals surface area contributed by atoms with Gasteiger partial charge >= 0.3 is 0 Å². The van der Waals surface area contributed by atoms with Gasteiger partial charge < -0.3 is 0 Å². The zero-order chi connectivity index (χ0) is 3.98. The molecule has 1 atom stereocenters. The predicted molar refractivity (Wildman–Crippen MR) is 25.0 cm³/mol. The van der Waals surface area contributed by atoms with Crippen LogP contribution in [0.2, 0.25) is 0 Å². The van der Waals surface area contributed by atoms with Crippen LogP contribution in [0.4, 0.5) is 0 Å². The van der Waals surface area contributed by atoms with Crippen LogP contribution >= 0.6 is 0 Å². The monoisotopic (exact) mass is 81.1 g/mol. The van der Waals surface area contributed by atoms with Crippen molar-refractivity contribution in [2.45, 2.75) is 18.9 Å². The summed E-state index contributed by atoms with van der Waals surface area (Å²) in [7, 11) is 0. The van der Waals surface area contributed by atoms with Crippen LogP contribution in [0.5, 0.6) is 0 Å². The summed E-state index contributed by atoms with van der Waals surface area (Å²) in [5, 5.41) is 0. The van der Waals surface area contributed by atoms with E-state index in [0.29, 0.717) is 6.04 Å². The van der Waals surface area contributed by atoms with E-state index in [2.05, 4.69) is 11.2 Å². The SMILES string of the molecule is C1=NC1C1CC1. The van der Waals surface area contributed by atoms with Crippen molar-refractivity contribution in [2.75, 3.05) is 0 Å². The maximum Gasteiger partial charge on any atom is 0.0871 e. The van der Waals surface area contributed by atoms with Gasteiger partial charge in [0.25, 0.3) is 0 Å². The lowest BCUT2D eigenvalue weighted by Gasteiger charge is -1.76. The summed E-state index contributed by atoms with van der Waals surface area (Å²) in [6.07, 6.45) is 4.92. The van der Waals surface area contributed by atoms with Gasteiger partial charge in [0.2, 0.25) is 0 Å². The second-order valence-electron chi connectivity index (χ2n) is 2.13. The molecule has 0 amide bonds. The van der Waals surface area contributed by atoms with Gasteiger partial charge in [-0.15, -0.1) is 0 Å². The average molecular weight is 81.1 g/mol. The first-order chi connectivity index (χ1) is 2.97. The third-order valence-corrected chi connectivity index (χ3v) is 1.43. The first-order valence-electron chi connectivity index (χ1n) is 2.50. The summed E-state index contributed by atoms with van der Waals surface area (Å²) in [4.78, 5) is 4.04. The highest BCUT2D eigenvalue weighted by Crippen LogP contribution is 2.37. The Morgan fingerprint density at radius 2 is 2.17 bits per heavy atom. The van der Waals surface area contributed by atoms with Crippen LogP contribution in [0.25, 0.3) is 0 Å². The Hall–Kier alpha value is -0.330. The van der Waals surface area contributed by atoms with Crippen LogP contribution < -0.4 is 0 Å². The van der Waals surface area contributed by atoms with Crippen molar-refractivity contribution < 1.29 is 0 Å². The van der Waals surface area contributed by atoms with Gasteiger partial charge in [-0.3, -0.25) is 4.99 Å². The molecule has 2 rings (SSSR count). The van der Waals surface area contributed by atoms with E-state index in [9.17, 15) is 0 Å². The average Bonchev–Trinajstić information content (AvgIpc) is 2.26. The lowest BCUT2D eigenvalue weighted by molar-refractivity contribution is 0.839. The largest absolute Gasteiger partial charge is 0.286 e. The third kappa shape index (κ3) is 0.280. The first kappa shape index (κ1) is 2.78. The Morgan fingerprint density at radius 3 is 2.33 bits per heavy atom. The third-order valence-electron chi connectivity index (χ3n) is 1.43. The fourth-order valence-electron chi connectivity index (χ4n) is 0.731. The molecule has 0 N–H and O–H groups in total. The van der Waals surface area contributed by atoms with Crippen LogP contribution in [-0.4, -0.2) is 12.3 Å². The van der Waals surface area contributed by atoms with Gasteiger partial charge in [0.15, 0.2) is 0 Å². The van der Waals surface area contributed by atoms with Gasteiger partial charge in [-0.2, -0.15) is 0 Å². The molecule has 1 aliphatic heterocycles. The highest BCUT2D eigenvalue weighted by Gasteiger charge is 2.34. The minimum atomic E-state index is 0.713. The molecule has 1 heteroatoms. The fraction of sp³-hybridized carbons (Fsp3) is 0.800. The van der Waals surface area contributed by atoms with E-state index in [4.69, 9.17) is 0 Å². The minimum Gasteiger partial charge on any atom is -0.286 e. The Balaban J connectivity index is 1.94. The smallest absolute Gasteiger partial charge is 0.0871 e. The van der Waals surface area contributed by atoms with Crippen LogP contribution in [0.1, 0.15) is 12.8 Å². The van der Waals surface area contributed by atoms with Gasteiger partial charge in [0.05, 0.1) is 6.04 Å². The molecule has 0 radical (unpaired) electrons. The molecule has 2 aliphatic rings. The Labute approximate surface area is 37.1 Å². The number of hydrogen-bond donors (Lipinski definition) is 0. The van der Waals surface area contributed by atoms with Crippen LogP contribution in [0.3, 0.4) is 0 Å². The summed E-state index contributed by atoms with van der Waals surface area (Å²) < 4.78 is 0. The molecule has 1 saturated carbocycles. The minimum absolute atomic E-state index is 0.713. The van der Waals surface area contributed by atoms with Gasteiger partial charge in [0, 0.05) is 6.21 Å². The standard InChI is InChI=1S/C5H7N/c1-2-4(1)5-3-6-5/h3-5H,1-2H2. The van der Waals surface area contributed by atoms with Gasteiger partial charge in [0.1, 0.15) is 0 Å². The number of aliphatic imine (C=N–C) groups is 1. The van der Waals surface area contributed by atoms with Crippen molar-refractivity contribution in [2.24, 2.45) is 10.9 Å². The normalized spacial score (nSPS) is 40.3. The molecule has 0 aromatic heterocycles. The highest BCUT2D eigenvalue weighted by molar-refractivity contribution is 5.78. The Bertz CT molecular complexity index is 86.1. The maximum atomic E-state index is 4.04. The predicted octanol–water partition coefficient (Wildman–Crippen LogP) is 0.849. The first-order valence-corrected chi connectivity index (χ1v) is 2.50. The van der Waals surface area contributed by atoms with Crippen molar-refractivity contribution in [3.63, 3.8) is 0 Å². The van der Waals surface area contributed by atoms with Crippen molar-refractivity contribution in [3.8, 4) is 0 Å². The van der Waals surface area contributed by atoms with Gasteiger partial charge in [-0.05, 0) is 18.8 Å². The molecule has 0 spiro atoms. The van der Waals surface area contributed by atoms with E-state index in [1.807, 2.05) is 0 Å². The number of nitrogens with zero attached hydrogens (tertiary/aromatic N) is 1. The molecule has 1 heterocycles. The second-order valence-corrected chi connectivity index (χ2v) is 2.13. The van der Waals surface area contributed by atoms with E-state index in [0.717, 1.165) is 5.92 Å². The zero-order valence-corrected chi connectivity index (χ0v) is 3.59. The van der Waals surface area contributed by atoms with E-state index < -0.39 is 0 Å². The summed E-state index contributed by atoms with van der Waals surface area (Å²) in [6.45, 7) is 0. The quantitative estimate of drug-likeness (QED) is 0.443. The molecule has 1 fully saturated rings. The molecule has 1 nitrogen and oxygen atoms in total. The van der Waals surface area contributed by atoms with E-state index >= 15 is 0 Å². The topological polar surface area (TPSA) is 12.4 Å². The Morgan fingerprint density at radius 1 is 1.50 bits per heavy atom. The highest BCUT2D eigenvalue weighted by atomic mass is 14.9.